The molecule has 5 heteroatoms. The summed E-state index contributed by atoms with van der Waals surface area (Å²) in [4.78, 5) is 0. The zero-order chi connectivity index (χ0) is 19.5. The van der Waals surface area contributed by atoms with Crippen LogP contribution in [0.3, 0.4) is 0 Å². The second-order valence-corrected chi connectivity index (χ2v) is 17.2. The van der Waals surface area contributed by atoms with Crippen molar-refractivity contribution in [3.63, 3.8) is 0 Å². The maximum Gasteiger partial charge on any atom is 0.341 e. The van der Waals surface area contributed by atoms with Crippen LogP contribution >= 0.6 is 33.2 Å². The fourth-order valence-electron chi connectivity index (χ4n) is 3.97. The van der Waals surface area contributed by atoms with Crippen LogP contribution in [0, 0.1) is 0 Å². The molecule has 1 aliphatic carbocycles. The van der Waals surface area contributed by atoms with E-state index in [2.05, 4.69) is 31.2 Å². The molecule has 0 aromatic heterocycles. The van der Waals surface area contributed by atoms with Gasteiger partial charge in [0.25, 0.3) is 0 Å². The zero-order valence-electron chi connectivity index (χ0n) is 16.7. The molecule has 1 saturated carbocycles. The Balaban J connectivity index is 1.64. The van der Waals surface area contributed by atoms with E-state index in [1.165, 1.54) is 62.5 Å². The zero-order valence-corrected chi connectivity index (χ0v) is 20.0. The molecule has 0 atom stereocenters. The molecule has 0 heterocycles. The summed E-state index contributed by atoms with van der Waals surface area (Å²) in [7, 11) is 0. The standard InChI is InChI=1S/C22H35Cl3OSi/c1-2-3-4-5-6-8-19-9-11-20(12-10-19)21-13-15-22(16-14-21)26-17-7-18-27(23,24)25/h9-12,21-22H,2-8,13-18H2,1H3/t21-,22-. The van der Waals surface area contributed by atoms with Crippen LogP contribution in [0.1, 0.15) is 88.2 Å². The highest BCUT2D eigenvalue weighted by Gasteiger charge is 2.25. The van der Waals surface area contributed by atoms with Crippen LogP contribution in [0.2, 0.25) is 6.04 Å². The minimum Gasteiger partial charge on any atom is -0.378 e. The van der Waals surface area contributed by atoms with E-state index in [9.17, 15) is 0 Å². The summed E-state index contributed by atoms with van der Waals surface area (Å²) in [5.41, 5.74) is 3.00. The van der Waals surface area contributed by atoms with Crippen molar-refractivity contribution in [1.82, 2.24) is 0 Å². The third kappa shape index (κ3) is 10.0. The Morgan fingerprint density at radius 2 is 1.56 bits per heavy atom. The predicted octanol–water partition coefficient (Wildman–Crippen LogP) is 8.29. The number of benzene rings is 1. The normalized spacial score (nSPS) is 20.7. The molecule has 0 amide bonds. The summed E-state index contributed by atoms with van der Waals surface area (Å²) in [5, 5.41) is 0. The fraction of sp³-hybridized carbons (Fsp3) is 0.727. The summed E-state index contributed by atoms with van der Waals surface area (Å²) < 4.78 is 6.00. The van der Waals surface area contributed by atoms with E-state index in [4.69, 9.17) is 38.0 Å². The Hall–Kier alpha value is 0.267. The van der Waals surface area contributed by atoms with Gasteiger partial charge in [-0.3, -0.25) is 0 Å². The minimum atomic E-state index is -2.48. The van der Waals surface area contributed by atoms with E-state index in [0.29, 0.717) is 18.1 Å². The largest absolute Gasteiger partial charge is 0.378 e. The highest BCUT2D eigenvalue weighted by Crippen LogP contribution is 2.34. The highest BCUT2D eigenvalue weighted by atomic mass is 35.8. The van der Waals surface area contributed by atoms with Crippen LogP contribution in [0.4, 0.5) is 0 Å². The lowest BCUT2D eigenvalue weighted by Gasteiger charge is -2.29. The molecular weight excluding hydrogens is 415 g/mol. The van der Waals surface area contributed by atoms with Crippen LogP contribution in [-0.2, 0) is 11.2 Å². The van der Waals surface area contributed by atoms with Gasteiger partial charge in [0.15, 0.2) is 0 Å². The SMILES string of the molecule is CCCCCCCc1ccc([C@H]2CC[C@H](OCCC[Si](Cl)(Cl)Cl)CC2)cc1. The molecule has 154 valence electrons. The first kappa shape index (κ1) is 23.5. The van der Waals surface area contributed by atoms with E-state index >= 15 is 0 Å². The van der Waals surface area contributed by atoms with Gasteiger partial charge in [-0.05, 0) is 68.0 Å². The third-order valence-electron chi connectivity index (χ3n) is 5.65. The van der Waals surface area contributed by atoms with Gasteiger partial charge in [-0.15, -0.1) is 33.2 Å². The maximum absolute atomic E-state index is 6.00. The van der Waals surface area contributed by atoms with Crippen molar-refractivity contribution in [3.8, 4) is 0 Å². The molecule has 0 unspecified atom stereocenters. The Morgan fingerprint density at radius 3 is 2.19 bits per heavy atom. The van der Waals surface area contributed by atoms with Gasteiger partial charge in [0, 0.05) is 6.61 Å². The summed E-state index contributed by atoms with van der Waals surface area (Å²) in [6, 6.07) is 7.62. The monoisotopic (exact) mass is 448 g/mol. The second-order valence-electron chi connectivity index (χ2n) is 7.97. The van der Waals surface area contributed by atoms with Gasteiger partial charge in [0.2, 0.25) is 0 Å². The van der Waals surface area contributed by atoms with Crippen molar-refractivity contribution in [1.29, 1.82) is 0 Å². The summed E-state index contributed by atoms with van der Waals surface area (Å²) in [6.45, 7) is 3.00. The lowest BCUT2D eigenvalue weighted by atomic mass is 9.82. The number of unbranched alkanes of at least 4 members (excludes halogenated alkanes) is 4. The highest BCUT2D eigenvalue weighted by molar-refractivity contribution is 7.64. The predicted molar refractivity (Wildman–Crippen MR) is 123 cm³/mol. The summed E-state index contributed by atoms with van der Waals surface area (Å²) in [5.74, 6) is 0.692. The van der Waals surface area contributed by atoms with Crippen LogP contribution in [-0.4, -0.2) is 18.7 Å². The van der Waals surface area contributed by atoms with Gasteiger partial charge in [0.05, 0.1) is 6.10 Å². The van der Waals surface area contributed by atoms with Gasteiger partial charge >= 0.3 is 6.00 Å². The quantitative estimate of drug-likeness (QED) is 0.177. The van der Waals surface area contributed by atoms with Crippen LogP contribution in [0.25, 0.3) is 0 Å². The van der Waals surface area contributed by atoms with Gasteiger partial charge < -0.3 is 4.74 Å². The molecule has 2 rings (SSSR count). The van der Waals surface area contributed by atoms with Crippen molar-refractivity contribution in [2.45, 2.75) is 95.6 Å². The van der Waals surface area contributed by atoms with Crippen molar-refractivity contribution >= 4 is 39.2 Å². The Bertz CT molecular complexity index is 507. The van der Waals surface area contributed by atoms with E-state index in [1.54, 1.807) is 0 Å². The van der Waals surface area contributed by atoms with E-state index in [1.807, 2.05) is 0 Å². The molecule has 1 aliphatic rings. The third-order valence-corrected chi connectivity index (χ3v) is 8.27. The number of hydrogen-bond acceptors (Lipinski definition) is 1. The first-order valence-corrected chi connectivity index (χ1v) is 16.0. The maximum atomic E-state index is 6.00. The van der Waals surface area contributed by atoms with E-state index in [-0.39, 0.29) is 0 Å². The molecule has 0 saturated heterocycles. The van der Waals surface area contributed by atoms with Crippen molar-refractivity contribution in [2.24, 2.45) is 0 Å². The van der Waals surface area contributed by atoms with Gasteiger partial charge in [-0.1, -0.05) is 56.9 Å². The Morgan fingerprint density at radius 1 is 0.889 bits per heavy atom. The molecule has 1 aromatic carbocycles. The van der Waals surface area contributed by atoms with Gasteiger partial charge in [0.1, 0.15) is 0 Å². The van der Waals surface area contributed by atoms with Crippen molar-refractivity contribution in [3.05, 3.63) is 35.4 Å². The molecule has 0 N–H and O–H groups in total. The molecular formula is C22H35Cl3OSi. The Labute approximate surface area is 181 Å². The molecule has 0 aliphatic heterocycles. The van der Waals surface area contributed by atoms with Crippen LogP contribution in [0.15, 0.2) is 24.3 Å². The van der Waals surface area contributed by atoms with Gasteiger partial charge in [-0.25, -0.2) is 0 Å². The first-order chi connectivity index (χ1) is 13.0. The van der Waals surface area contributed by atoms with Crippen molar-refractivity contribution in [2.75, 3.05) is 6.61 Å². The molecule has 1 aromatic rings. The Kier molecular flexibility index (Phi) is 11.1. The fourth-order valence-corrected chi connectivity index (χ4v) is 5.72. The average molecular weight is 450 g/mol. The minimum absolute atomic E-state index is 0.390. The average Bonchev–Trinajstić information content (AvgIpc) is 2.65. The molecule has 27 heavy (non-hydrogen) atoms. The van der Waals surface area contributed by atoms with Gasteiger partial charge in [-0.2, -0.15) is 0 Å². The molecule has 0 bridgehead atoms. The molecule has 1 nitrogen and oxygen atoms in total. The smallest absolute Gasteiger partial charge is 0.341 e. The van der Waals surface area contributed by atoms with E-state index < -0.39 is 6.00 Å². The molecule has 0 radical (unpaired) electrons. The number of halogens is 3. The summed E-state index contributed by atoms with van der Waals surface area (Å²) in [6.07, 6.45) is 14.0. The molecule has 0 spiro atoms. The number of rotatable bonds is 12. The second kappa shape index (κ2) is 12.7. The van der Waals surface area contributed by atoms with E-state index in [0.717, 1.165) is 25.9 Å². The summed E-state index contributed by atoms with van der Waals surface area (Å²) >= 11 is 17.7. The lowest BCUT2D eigenvalue weighted by molar-refractivity contribution is 0.0251. The van der Waals surface area contributed by atoms with Crippen LogP contribution in [0.5, 0.6) is 0 Å². The van der Waals surface area contributed by atoms with Crippen LogP contribution < -0.4 is 0 Å². The first-order valence-electron chi connectivity index (χ1n) is 10.7. The molecule has 1 fully saturated rings. The number of hydrogen-bond donors (Lipinski definition) is 0. The number of aryl methyl sites for hydroxylation is 1. The lowest BCUT2D eigenvalue weighted by Crippen LogP contribution is -2.22. The topological polar surface area (TPSA) is 9.23 Å². The van der Waals surface area contributed by atoms with Crippen molar-refractivity contribution < 1.29 is 4.74 Å². The number of ether oxygens (including phenoxy) is 1.